The summed E-state index contributed by atoms with van der Waals surface area (Å²) in [6.07, 6.45) is 0. The maximum Gasteiger partial charge on any atom is 0.135 e. The van der Waals surface area contributed by atoms with Crippen molar-refractivity contribution in [3.05, 3.63) is 271 Å². The molecule has 0 radical (unpaired) electrons. The number of hydrogen-bond donors (Lipinski definition) is 0. The van der Waals surface area contributed by atoms with E-state index in [2.05, 4.69) is 248 Å². The van der Waals surface area contributed by atoms with Gasteiger partial charge in [0.25, 0.3) is 0 Å². The van der Waals surface area contributed by atoms with Crippen LogP contribution in [0.5, 0.6) is 0 Å². The van der Waals surface area contributed by atoms with Crippen LogP contribution in [0.3, 0.4) is 0 Å². The van der Waals surface area contributed by atoms with Gasteiger partial charge < -0.3 is 9.32 Å². The quantitative estimate of drug-likeness (QED) is 0.159. The summed E-state index contributed by atoms with van der Waals surface area (Å²) < 4.78 is 6.37. The summed E-state index contributed by atoms with van der Waals surface area (Å²) in [6.45, 7) is 0. The summed E-state index contributed by atoms with van der Waals surface area (Å²) in [5.74, 6) is 0. The standard InChI is InChI=1S/C63H41NO/c1-3-16-50(17-4-1)63(51-18-5-2-6-19-51)57-22-11-9-21-55(57)62-58(63)23-13-24-59(62)64(53-36-37-61-56(41-53)54-20-10-12-25-60(54)65-61)52-34-32-43(33-35-52)45-28-29-48-40-49(31-30-47(48)39-45)46-27-26-42-14-7-8-15-44(42)38-46/h1-41H. The Morgan fingerprint density at radius 2 is 0.846 bits per heavy atom. The van der Waals surface area contributed by atoms with Gasteiger partial charge in [0.2, 0.25) is 0 Å². The SMILES string of the molecule is c1ccc(C2(c3ccccc3)c3ccccc3-c3c(N(c4ccc(-c5ccc6cc(-c7ccc8ccccc8c7)ccc6c5)cc4)c4ccc5oc6ccccc6c5c4)cccc32)cc1. The Hall–Kier alpha value is -8.46. The fourth-order valence-electron chi connectivity index (χ4n) is 10.7. The Bertz CT molecular complexity index is 3730. The summed E-state index contributed by atoms with van der Waals surface area (Å²) >= 11 is 0. The van der Waals surface area contributed by atoms with Crippen LogP contribution in [-0.2, 0) is 5.41 Å². The van der Waals surface area contributed by atoms with Crippen LogP contribution in [0.25, 0.3) is 76.9 Å². The topological polar surface area (TPSA) is 16.4 Å². The average molecular weight is 828 g/mol. The summed E-state index contributed by atoms with van der Waals surface area (Å²) in [5, 5.41) is 7.16. The monoisotopic (exact) mass is 827 g/mol. The number of para-hydroxylation sites is 1. The van der Waals surface area contributed by atoms with E-state index in [4.69, 9.17) is 4.42 Å². The lowest BCUT2D eigenvalue weighted by Gasteiger charge is -2.34. The molecular weight excluding hydrogens is 787 g/mol. The summed E-state index contributed by atoms with van der Waals surface area (Å²) in [5.41, 5.74) is 16.8. The largest absolute Gasteiger partial charge is 0.456 e. The second-order valence-corrected chi connectivity index (χ2v) is 17.2. The van der Waals surface area contributed by atoms with E-state index in [9.17, 15) is 0 Å². The molecule has 0 amide bonds. The number of rotatable bonds is 7. The molecule has 2 heteroatoms. The predicted octanol–water partition coefficient (Wildman–Crippen LogP) is 17.1. The third-order valence-corrected chi connectivity index (χ3v) is 13.7. The van der Waals surface area contributed by atoms with Gasteiger partial charge in [0.1, 0.15) is 11.2 Å². The summed E-state index contributed by atoms with van der Waals surface area (Å²) in [6, 6.07) is 90.9. The number of fused-ring (bicyclic) bond motifs is 8. The normalized spacial score (nSPS) is 12.7. The molecule has 0 bridgehead atoms. The number of hydrogen-bond acceptors (Lipinski definition) is 2. The fourth-order valence-corrected chi connectivity index (χ4v) is 10.7. The molecule has 0 saturated carbocycles. The Morgan fingerprint density at radius 3 is 1.57 bits per heavy atom. The zero-order chi connectivity index (χ0) is 42.9. The Balaban J connectivity index is 0.965. The van der Waals surface area contributed by atoms with Crippen molar-refractivity contribution in [2.75, 3.05) is 4.90 Å². The second-order valence-electron chi connectivity index (χ2n) is 17.2. The average Bonchev–Trinajstić information content (AvgIpc) is 3.91. The van der Waals surface area contributed by atoms with E-state index in [1.165, 1.54) is 77.2 Å². The molecule has 0 spiro atoms. The molecular formula is C63H41NO. The zero-order valence-corrected chi connectivity index (χ0v) is 35.5. The van der Waals surface area contributed by atoms with E-state index in [-0.39, 0.29) is 0 Å². The van der Waals surface area contributed by atoms with Gasteiger partial charge in [0.05, 0.1) is 11.1 Å². The highest BCUT2D eigenvalue weighted by Crippen LogP contribution is 2.59. The number of furan rings is 1. The molecule has 0 unspecified atom stereocenters. The van der Waals surface area contributed by atoms with E-state index in [0.717, 1.165) is 39.0 Å². The third kappa shape index (κ3) is 5.88. The van der Waals surface area contributed by atoms with Crippen molar-refractivity contribution in [2.24, 2.45) is 0 Å². The number of benzene rings is 11. The lowest BCUT2D eigenvalue weighted by molar-refractivity contribution is 0.669. The van der Waals surface area contributed by atoms with Crippen LogP contribution in [-0.4, -0.2) is 0 Å². The molecule has 11 aromatic carbocycles. The van der Waals surface area contributed by atoms with Gasteiger partial charge in [0, 0.05) is 27.7 Å². The predicted molar refractivity (Wildman–Crippen MR) is 272 cm³/mol. The van der Waals surface area contributed by atoms with Gasteiger partial charge in [-0.05, 0) is 132 Å². The molecule has 2 nitrogen and oxygen atoms in total. The second kappa shape index (κ2) is 14.8. The van der Waals surface area contributed by atoms with Crippen LogP contribution in [0, 0.1) is 0 Å². The molecule has 1 aliphatic carbocycles. The fraction of sp³-hybridized carbons (Fsp3) is 0.0159. The molecule has 304 valence electrons. The molecule has 13 rings (SSSR count). The van der Waals surface area contributed by atoms with Gasteiger partial charge in [-0.2, -0.15) is 0 Å². The molecule has 0 atom stereocenters. The molecule has 1 aliphatic rings. The van der Waals surface area contributed by atoms with E-state index < -0.39 is 5.41 Å². The highest BCUT2D eigenvalue weighted by atomic mass is 16.3. The number of nitrogens with zero attached hydrogens (tertiary/aromatic N) is 1. The van der Waals surface area contributed by atoms with Crippen molar-refractivity contribution in [2.45, 2.75) is 5.41 Å². The number of anilines is 3. The lowest BCUT2D eigenvalue weighted by Crippen LogP contribution is -2.28. The maximum atomic E-state index is 6.37. The van der Waals surface area contributed by atoms with Crippen LogP contribution in [0.1, 0.15) is 22.3 Å². The Morgan fingerprint density at radius 1 is 0.323 bits per heavy atom. The molecule has 1 aromatic heterocycles. The summed E-state index contributed by atoms with van der Waals surface area (Å²) in [7, 11) is 0. The summed E-state index contributed by atoms with van der Waals surface area (Å²) in [4.78, 5) is 2.45. The van der Waals surface area contributed by atoms with Crippen molar-refractivity contribution in [1.29, 1.82) is 0 Å². The first kappa shape index (κ1) is 37.1. The highest BCUT2D eigenvalue weighted by molar-refractivity contribution is 6.07. The van der Waals surface area contributed by atoms with E-state index in [1.807, 2.05) is 6.07 Å². The molecule has 0 N–H and O–H groups in total. The van der Waals surface area contributed by atoms with Gasteiger partial charge >= 0.3 is 0 Å². The van der Waals surface area contributed by atoms with Gasteiger partial charge in [0.15, 0.2) is 0 Å². The van der Waals surface area contributed by atoms with Crippen LogP contribution in [0.4, 0.5) is 17.1 Å². The van der Waals surface area contributed by atoms with Gasteiger partial charge in [-0.25, -0.2) is 0 Å². The van der Waals surface area contributed by atoms with Gasteiger partial charge in [-0.15, -0.1) is 0 Å². The van der Waals surface area contributed by atoms with E-state index in [1.54, 1.807) is 0 Å². The molecule has 65 heavy (non-hydrogen) atoms. The van der Waals surface area contributed by atoms with Crippen molar-refractivity contribution < 1.29 is 4.42 Å². The van der Waals surface area contributed by atoms with Gasteiger partial charge in [-0.3, -0.25) is 0 Å². The lowest BCUT2D eigenvalue weighted by atomic mass is 9.68. The Labute approximate surface area is 377 Å². The van der Waals surface area contributed by atoms with Crippen LogP contribution >= 0.6 is 0 Å². The molecule has 12 aromatic rings. The van der Waals surface area contributed by atoms with Crippen LogP contribution in [0.2, 0.25) is 0 Å². The van der Waals surface area contributed by atoms with Gasteiger partial charge in [-0.1, -0.05) is 188 Å². The first-order chi connectivity index (χ1) is 32.2. The Kier molecular flexibility index (Phi) is 8.47. The first-order valence-electron chi connectivity index (χ1n) is 22.4. The highest BCUT2D eigenvalue weighted by Gasteiger charge is 2.47. The minimum absolute atomic E-state index is 0.517. The minimum atomic E-state index is -0.517. The molecule has 0 fully saturated rings. The van der Waals surface area contributed by atoms with Crippen LogP contribution < -0.4 is 4.90 Å². The molecule has 0 saturated heterocycles. The van der Waals surface area contributed by atoms with E-state index >= 15 is 0 Å². The zero-order valence-electron chi connectivity index (χ0n) is 35.5. The third-order valence-electron chi connectivity index (χ3n) is 13.7. The molecule has 1 heterocycles. The van der Waals surface area contributed by atoms with Crippen molar-refractivity contribution >= 4 is 60.5 Å². The first-order valence-corrected chi connectivity index (χ1v) is 22.4. The molecule has 0 aliphatic heterocycles. The maximum absolute atomic E-state index is 6.37. The van der Waals surface area contributed by atoms with Crippen molar-refractivity contribution in [3.8, 4) is 33.4 Å². The smallest absolute Gasteiger partial charge is 0.135 e. The van der Waals surface area contributed by atoms with Crippen molar-refractivity contribution in [1.82, 2.24) is 0 Å². The van der Waals surface area contributed by atoms with Crippen molar-refractivity contribution in [3.63, 3.8) is 0 Å². The van der Waals surface area contributed by atoms with Crippen LogP contribution in [0.15, 0.2) is 253 Å². The minimum Gasteiger partial charge on any atom is -0.456 e. The van der Waals surface area contributed by atoms with E-state index in [0.29, 0.717) is 0 Å².